The Kier molecular flexibility index (Phi) is 5.95. The number of hydrogen-bond acceptors (Lipinski definition) is 3. The van der Waals surface area contributed by atoms with Gasteiger partial charge in [0.15, 0.2) is 0 Å². The number of rotatable bonds is 7. The molecule has 0 aliphatic rings. The van der Waals surface area contributed by atoms with E-state index in [4.69, 9.17) is 9.47 Å². The van der Waals surface area contributed by atoms with Crippen molar-refractivity contribution in [2.45, 2.75) is 19.3 Å². The molecule has 1 amide bonds. The summed E-state index contributed by atoms with van der Waals surface area (Å²) < 4.78 is 60.1. The fraction of sp³-hybridized carbons (Fsp3) is 0.462. The first-order valence-electron chi connectivity index (χ1n) is 5.98. The predicted molar refractivity (Wildman–Crippen MR) is 68.1 cm³/mol. The van der Waals surface area contributed by atoms with Crippen molar-refractivity contribution in [1.29, 1.82) is 0 Å². The maximum absolute atomic E-state index is 12.9. The monoisotopic (exact) mass is 309 g/mol. The van der Waals surface area contributed by atoms with E-state index in [1.807, 2.05) is 0 Å². The standard InChI is InChI=1S/C13H15F4NO3/c1-8-3-4-9(10(7-8)21-6-5-20-2)18-12(19)13(16,17)11(14)15/h3-4,7,11H,5-6H2,1-2H3,(H,18,19). The van der Waals surface area contributed by atoms with Gasteiger partial charge in [-0.05, 0) is 24.6 Å². The van der Waals surface area contributed by atoms with Gasteiger partial charge in [-0.15, -0.1) is 0 Å². The van der Waals surface area contributed by atoms with Gasteiger partial charge in [-0.25, -0.2) is 8.78 Å². The van der Waals surface area contributed by atoms with Crippen molar-refractivity contribution in [3.63, 3.8) is 0 Å². The van der Waals surface area contributed by atoms with Crippen LogP contribution in [0.1, 0.15) is 5.56 Å². The molecule has 1 aromatic rings. The van der Waals surface area contributed by atoms with Crippen molar-refractivity contribution in [2.75, 3.05) is 25.6 Å². The van der Waals surface area contributed by atoms with Crippen molar-refractivity contribution in [2.24, 2.45) is 0 Å². The second-order valence-corrected chi connectivity index (χ2v) is 4.22. The highest BCUT2D eigenvalue weighted by Gasteiger charge is 2.49. The molecular formula is C13H15F4NO3. The van der Waals surface area contributed by atoms with Crippen LogP contribution in [0.5, 0.6) is 5.75 Å². The third-order valence-corrected chi connectivity index (χ3v) is 2.51. The Morgan fingerprint density at radius 2 is 2.00 bits per heavy atom. The Bertz CT molecular complexity index is 494. The second-order valence-electron chi connectivity index (χ2n) is 4.22. The minimum Gasteiger partial charge on any atom is -0.489 e. The van der Waals surface area contributed by atoms with Crippen molar-refractivity contribution >= 4 is 11.6 Å². The number of ether oxygens (including phenoxy) is 2. The second kappa shape index (κ2) is 7.26. The summed E-state index contributed by atoms with van der Waals surface area (Å²) in [5.74, 6) is -6.75. The van der Waals surface area contributed by atoms with E-state index in [-0.39, 0.29) is 24.7 Å². The molecule has 8 heteroatoms. The predicted octanol–water partition coefficient (Wildman–Crippen LogP) is 2.86. The Balaban J connectivity index is 2.89. The van der Waals surface area contributed by atoms with Crippen LogP contribution >= 0.6 is 0 Å². The number of carbonyl (C=O) groups is 1. The van der Waals surface area contributed by atoms with E-state index in [0.717, 1.165) is 5.56 Å². The van der Waals surface area contributed by atoms with Gasteiger partial charge in [-0.3, -0.25) is 4.79 Å². The number of alkyl halides is 4. The molecule has 1 rings (SSSR count). The largest absolute Gasteiger partial charge is 0.489 e. The molecule has 0 atom stereocenters. The number of hydrogen-bond donors (Lipinski definition) is 1. The van der Waals surface area contributed by atoms with E-state index in [1.54, 1.807) is 12.2 Å². The topological polar surface area (TPSA) is 47.6 Å². The zero-order valence-corrected chi connectivity index (χ0v) is 11.5. The van der Waals surface area contributed by atoms with Gasteiger partial charge in [-0.2, -0.15) is 8.78 Å². The van der Waals surface area contributed by atoms with Crippen LogP contribution in [0, 0.1) is 6.92 Å². The third kappa shape index (κ3) is 4.59. The minimum absolute atomic E-state index is 0.102. The van der Waals surface area contributed by atoms with Gasteiger partial charge in [0, 0.05) is 7.11 Å². The summed E-state index contributed by atoms with van der Waals surface area (Å²) in [6.45, 7) is 2.09. The first kappa shape index (κ1) is 17.2. The Morgan fingerprint density at radius 1 is 1.33 bits per heavy atom. The Labute approximate surface area is 119 Å². The average molecular weight is 309 g/mol. The number of carbonyl (C=O) groups excluding carboxylic acids is 1. The molecule has 0 heterocycles. The van der Waals surface area contributed by atoms with Crippen LogP contribution in [0.15, 0.2) is 18.2 Å². The Morgan fingerprint density at radius 3 is 2.57 bits per heavy atom. The summed E-state index contributed by atoms with van der Waals surface area (Å²) in [4.78, 5) is 11.2. The molecule has 0 radical (unpaired) electrons. The quantitative estimate of drug-likeness (QED) is 0.622. The van der Waals surface area contributed by atoms with Gasteiger partial charge in [0.2, 0.25) is 0 Å². The highest BCUT2D eigenvalue weighted by Crippen LogP contribution is 2.29. The summed E-state index contributed by atoms with van der Waals surface area (Å²) in [6, 6.07) is 4.32. The maximum Gasteiger partial charge on any atom is 0.383 e. The van der Waals surface area contributed by atoms with Crippen LogP contribution in [0.2, 0.25) is 0 Å². The number of anilines is 1. The summed E-state index contributed by atoms with van der Waals surface area (Å²) >= 11 is 0. The zero-order valence-electron chi connectivity index (χ0n) is 11.5. The molecule has 0 saturated carbocycles. The molecule has 0 aliphatic carbocycles. The highest BCUT2D eigenvalue weighted by atomic mass is 19.3. The molecule has 4 nitrogen and oxygen atoms in total. The number of aryl methyl sites for hydroxylation is 1. The maximum atomic E-state index is 12.9. The van der Waals surface area contributed by atoms with Crippen LogP contribution in [0.4, 0.5) is 23.2 Å². The van der Waals surface area contributed by atoms with Crippen LogP contribution in [0.3, 0.4) is 0 Å². The summed E-state index contributed by atoms with van der Waals surface area (Å²) in [5.41, 5.74) is 0.642. The van der Waals surface area contributed by atoms with Crippen molar-refractivity contribution < 1.29 is 31.8 Å². The lowest BCUT2D eigenvalue weighted by atomic mass is 10.2. The summed E-state index contributed by atoms with van der Waals surface area (Å²) in [6.07, 6.45) is -4.08. The zero-order chi connectivity index (χ0) is 16.0. The number of benzene rings is 1. The van der Waals surface area contributed by atoms with Gasteiger partial charge in [-0.1, -0.05) is 6.07 Å². The van der Waals surface area contributed by atoms with Gasteiger partial charge < -0.3 is 14.8 Å². The molecule has 1 aromatic carbocycles. The molecule has 21 heavy (non-hydrogen) atoms. The number of amides is 1. The fourth-order valence-corrected chi connectivity index (χ4v) is 1.39. The van der Waals surface area contributed by atoms with Gasteiger partial charge >= 0.3 is 18.3 Å². The molecule has 0 aromatic heterocycles. The lowest BCUT2D eigenvalue weighted by Gasteiger charge is -2.17. The molecule has 0 spiro atoms. The molecule has 0 bridgehead atoms. The lowest BCUT2D eigenvalue weighted by Crippen LogP contribution is -2.41. The average Bonchev–Trinajstić information content (AvgIpc) is 2.41. The highest BCUT2D eigenvalue weighted by molar-refractivity contribution is 5.97. The Hall–Kier alpha value is -1.83. The fourth-order valence-electron chi connectivity index (χ4n) is 1.39. The molecule has 1 N–H and O–H groups in total. The van der Waals surface area contributed by atoms with E-state index in [9.17, 15) is 22.4 Å². The lowest BCUT2D eigenvalue weighted by molar-refractivity contribution is -0.163. The van der Waals surface area contributed by atoms with E-state index >= 15 is 0 Å². The van der Waals surface area contributed by atoms with Crippen LogP contribution in [-0.4, -0.2) is 38.6 Å². The van der Waals surface area contributed by atoms with Crippen LogP contribution in [0.25, 0.3) is 0 Å². The number of halogens is 4. The molecule has 0 aliphatic heterocycles. The molecule has 118 valence electrons. The van der Waals surface area contributed by atoms with Crippen LogP contribution in [-0.2, 0) is 9.53 Å². The minimum atomic E-state index is -4.77. The van der Waals surface area contributed by atoms with Gasteiger partial charge in [0.25, 0.3) is 0 Å². The molecule has 0 saturated heterocycles. The first-order chi connectivity index (χ1) is 9.78. The van der Waals surface area contributed by atoms with E-state index in [2.05, 4.69) is 0 Å². The first-order valence-corrected chi connectivity index (χ1v) is 5.98. The van der Waals surface area contributed by atoms with Crippen LogP contribution < -0.4 is 10.1 Å². The normalized spacial score (nSPS) is 11.6. The van der Waals surface area contributed by atoms with Crippen molar-refractivity contribution in [3.8, 4) is 5.75 Å². The van der Waals surface area contributed by atoms with E-state index in [0.29, 0.717) is 0 Å². The number of nitrogens with one attached hydrogen (secondary N) is 1. The molecule has 0 unspecified atom stereocenters. The van der Waals surface area contributed by atoms with Crippen molar-refractivity contribution in [3.05, 3.63) is 23.8 Å². The third-order valence-electron chi connectivity index (χ3n) is 2.51. The van der Waals surface area contributed by atoms with Crippen molar-refractivity contribution in [1.82, 2.24) is 0 Å². The smallest absolute Gasteiger partial charge is 0.383 e. The van der Waals surface area contributed by atoms with E-state index < -0.39 is 18.3 Å². The number of methoxy groups -OCH3 is 1. The summed E-state index contributed by atoms with van der Waals surface area (Å²) in [7, 11) is 1.45. The SMILES string of the molecule is COCCOc1cc(C)ccc1NC(=O)C(F)(F)C(F)F. The van der Waals surface area contributed by atoms with E-state index in [1.165, 1.54) is 25.3 Å². The summed E-state index contributed by atoms with van der Waals surface area (Å²) in [5, 5.41) is 1.75. The molecule has 0 fully saturated rings. The molecular weight excluding hydrogens is 294 g/mol. The van der Waals surface area contributed by atoms with Gasteiger partial charge in [0.1, 0.15) is 12.4 Å². The van der Waals surface area contributed by atoms with Gasteiger partial charge in [0.05, 0.1) is 12.3 Å².